The molecule has 3 heteroatoms. The van der Waals surface area contributed by atoms with Gasteiger partial charge in [-0.3, -0.25) is 0 Å². The summed E-state index contributed by atoms with van der Waals surface area (Å²) in [5, 5.41) is 0. The summed E-state index contributed by atoms with van der Waals surface area (Å²) >= 11 is 0. The van der Waals surface area contributed by atoms with Crippen LogP contribution in [0.5, 0.6) is 0 Å². The average molecular weight is 152 g/mol. The molecular formula is C8H12N2O. The van der Waals surface area contributed by atoms with Crippen LogP contribution in [-0.4, -0.2) is 6.79 Å². The van der Waals surface area contributed by atoms with Crippen molar-refractivity contribution < 1.29 is 4.79 Å². The zero-order valence-electron chi connectivity index (χ0n) is 6.29. The van der Waals surface area contributed by atoms with E-state index in [1.807, 2.05) is 31.1 Å². The van der Waals surface area contributed by atoms with Crippen molar-refractivity contribution in [1.82, 2.24) is 0 Å². The van der Waals surface area contributed by atoms with Crippen LogP contribution in [0, 0.1) is 0 Å². The fourth-order valence-electron chi connectivity index (χ4n) is 0.720. The number of rotatable bonds is 1. The smallest absolute Gasteiger partial charge is 0.106 e. The molecule has 0 atom stereocenters. The molecule has 60 valence electrons. The topological polar surface area (TPSA) is 69.1 Å². The third-order valence-electron chi connectivity index (χ3n) is 1.19. The van der Waals surface area contributed by atoms with E-state index in [0.717, 1.165) is 11.3 Å². The Balaban J connectivity index is 0.000000461. The molecule has 0 aliphatic heterocycles. The summed E-state index contributed by atoms with van der Waals surface area (Å²) in [6, 6.07) is 7.58. The minimum atomic E-state index is 0.561. The quantitative estimate of drug-likeness (QED) is 0.577. The average Bonchev–Trinajstić information content (AvgIpc) is 2.08. The predicted molar refractivity (Wildman–Crippen MR) is 45.9 cm³/mol. The van der Waals surface area contributed by atoms with Crippen molar-refractivity contribution in [3.05, 3.63) is 29.8 Å². The second-order valence-electron chi connectivity index (χ2n) is 1.95. The van der Waals surface area contributed by atoms with Crippen LogP contribution < -0.4 is 11.5 Å². The lowest BCUT2D eigenvalue weighted by atomic mass is 10.2. The summed E-state index contributed by atoms with van der Waals surface area (Å²) in [6.07, 6.45) is 0. The Morgan fingerprint density at radius 2 is 2.00 bits per heavy atom. The van der Waals surface area contributed by atoms with Crippen molar-refractivity contribution in [1.29, 1.82) is 0 Å². The number of benzene rings is 1. The Hall–Kier alpha value is -1.35. The number of hydrogen-bond acceptors (Lipinski definition) is 3. The molecule has 4 N–H and O–H groups in total. The number of hydrogen-bond donors (Lipinski definition) is 2. The first-order valence-corrected chi connectivity index (χ1v) is 3.16. The van der Waals surface area contributed by atoms with Gasteiger partial charge in [0.2, 0.25) is 0 Å². The van der Waals surface area contributed by atoms with E-state index < -0.39 is 0 Å². The number of carbonyl (C=O) groups is 1. The first kappa shape index (κ1) is 9.65. The van der Waals surface area contributed by atoms with E-state index in [-0.39, 0.29) is 0 Å². The summed E-state index contributed by atoms with van der Waals surface area (Å²) < 4.78 is 0. The normalized spacial score (nSPS) is 8.09. The Labute approximate surface area is 66.0 Å². The second-order valence-corrected chi connectivity index (χ2v) is 1.95. The Morgan fingerprint density at radius 3 is 2.36 bits per heavy atom. The molecule has 0 unspecified atom stereocenters. The van der Waals surface area contributed by atoms with Crippen LogP contribution in [0.4, 0.5) is 5.69 Å². The van der Waals surface area contributed by atoms with Crippen LogP contribution in [0.3, 0.4) is 0 Å². The van der Waals surface area contributed by atoms with Gasteiger partial charge in [-0.1, -0.05) is 12.1 Å². The van der Waals surface area contributed by atoms with Gasteiger partial charge in [0, 0.05) is 12.2 Å². The summed E-state index contributed by atoms with van der Waals surface area (Å²) in [4.78, 5) is 8.00. The van der Waals surface area contributed by atoms with Gasteiger partial charge in [0.05, 0.1) is 0 Å². The molecule has 1 rings (SSSR count). The fraction of sp³-hybridized carbons (Fsp3) is 0.125. The van der Waals surface area contributed by atoms with Gasteiger partial charge in [0.1, 0.15) is 6.79 Å². The van der Waals surface area contributed by atoms with Crippen LogP contribution in [0.25, 0.3) is 0 Å². The number of carbonyl (C=O) groups excluding carboxylic acids is 1. The Kier molecular flexibility index (Phi) is 4.77. The van der Waals surface area contributed by atoms with Gasteiger partial charge < -0.3 is 16.3 Å². The summed E-state index contributed by atoms with van der Waals surface area (Å²) in [7, 11) is 0. The lowest BCUT2D eigenvalue weighted by molar-refractivity contribution is -0.0979. The molecule has 0 radical (unpaired) electrons. The minimum Gasteiger partial charge on any atom is -0.399 e. The maximum absolute atomic E-state index is 8.00. The maximum Gasteiger partial charge on any atom is 0.106 e. The molecule has 3 nitrogen and oxygen atoms in total. The van der Waals surface area contributed by atoms with E-state index in [4.69, 9.17) is 16.3 Å². The largest absolute Gasteiger partial charge is 0.399 e. The molecule has 1 aromatic rings. The first-order valence-electron chi connectivity index (χ1n) is 3.16. The number of nitrogen functional groups attached to an aromatic ring is 1. The van der Waals surface area contributed by atoms with Crippen LogP contribution in [0.15, 0.2) is 24.3 Å². The number of anilines is 1. The van der Waals surface area contributed by atoms with Crippen LogP contribution in [0.2, 0.25) is 0 Å². The summed E-state index contributed by atoms with van der Waals surface area (Å²) in [5.41, 5.74) is 12.7. The van der Waals surface area contributed by atoms with E-state index in [0.29, 0.717) is 6.54 Å². The SMILES string of the molecule is C=O.NCc1cccc(N)c1. The van der Waals surface area contributed by atoms with E-state index in [1.54, 1.807) is 0 Å². The fourth-order valence-corrected chi connectivity index (χ4v) is 0.720. The standard InChI is InChI=1S/C7H10N2.CH2O/c8-5-6-2-1-3-7(9)4-6;1-2/h1-4H,5,8-9H2;1H2. The van der Waals surface area contributed by atoms with Gasteiger partial charge in [-0.15, -0.1) is 0 Å². The summed E-state index contributed by atoms with van der Waals surface area (Å²) in [6.45, 7) is 2.56. The predicted octanol–water partition coefficient (Wildman–Crippen LogP) is 0.543. The van der Waals surface area contributed by atoms with Crippen LogP contribution >= 0.6 is 0 Å². The molecular weight excluding hydrogens is 140 g/mol. The molecule has 1 aromatic carbocycles. The molecule has 0 fully saturated rings. The van der Waals surface area contributed by atoms with Crippen molar-refractivity contribution >= 4 is 12.5 Å². The van der Waals surface area contributed by atoms with Crippen LogP contribution in [0.1, 0.15) is 5.56 Å². The Morgan fingerprint density at radius 1 is 1.36 bits per heavy atom. The van der Waals surface area contributed by atoms with Gasteiger partial charge in [0.15, 0.2) is 0 Å². The minimum absolute atomic E-state index is 0.561. The molecule has 0 aliphatic carbocycles. The second kappa shape index (κ2) is 5.44. The maximum atomic E-state index is 8.00. The summed E-state index contributed by atoms with van der Waals surface area (Å²) in [5.74, 6) is 0. The molecule has 0 aliphatic rings. The molecule has 0 bridgehead atoms. The van der Waals surface area contributed by atoms with Crippen molar-refractivity contribution in [2.24, 2.45) is 5.73 Å². The molecule has 0 heterocycles. The zero-order valence-corrected chi connectivity index (χ0v) is 6.29. The molecule has 0 saturated heterocycles. The van der Waals surface area contributed by atoms with Gasteiger partial charge in [0.25, 0.3) is 0 Å². The van der Waals surface area contributed by atoms with Gasteiger partial charge >= 0.3 is 0 Å². The van der Waals surface area contributed by atoms with E-state index >= 15 is 0 Å². The van der Waals surface area contributed by atoms with Gasteiger partial charge in [-0.05, 0) is 17.7 Å². The lowest BCUT2D eigenvalue weighted by Crippen LogP contribution is -1.96. The van der Waals surface area contributed by atoms with Crippen LogP contribution in [-0.2, 0) is 11.3 Å². The molecule has 0 amide bonds. The molecule has 0 aromatic heterocycles. The highest BCUT2D eigenvalue weighted by atomic mass is 16.1. The zero-order chi connectivity index (χ0) is 8.69. The molecule has 0 spiro atoms. The number of nitrogens with two attached hydrogens (primary N) is 2. The van der Waals surface area contributed by atoms with Crippen molar-refractivity contribution in [2.75, 3.05) is 5.73 Å². The monoisotopic (exact) mass is 152 g/mol. The Bertz CT molecular complexity index is 213. The molecule has 11 heavy (non-hydrogen) atoms. The van der Waals surface area contributed by atoms with Gasteiger partial charge in [-0.2, -0.15) is 0 Å². The highest BCUT2D eigenvalue weighted by Gasteiger charge is 1.86. The van der Waals surface area contributed by atoms with Crippen molar-refractivity contribution in [3.63, 3.8) is 0 Å². The molecule has 0 saturated carbocycles. The highest BCUT2D eigenvalue weighted by Crippen LogP contribution is 2.04. The van der Waals surface area contributed by atoms with E-state index in [1.165, 1.54) is 0 Å². The third-order valence-corrected chi connectivity index (χ3v) is 1.19. The van der Waals surface area contributed by atoms with Crippen molar-refractivity contribution in [2.45, 2.75) is 6.54 Å². The first-order chi connectivity index (χ1) is 5.33. The lowest BCUT2D eigenvalue weighted by Gasteiger charge is -1.95. The highest BCUT2D eigenvalue weighted by molar-refractivity contribution is 5.40. The van der Waals surface area contributed by atoms with Crippen molar-refractivity contribution in [3.8, 4) is 0 Å². The van der Waals surface area contributed by atoms with Gasteiger partial charge in [-0.25, -0.2) is 0 Å². The van der Waals surface area contributed by atoms with E-state index in [2.05, 4.69) is 0 Å². The third kappa shape index (κ3) is 3.37. The van der Waals surface area contributed by atoms with E-state index in [9.17, 15) is 0 Å².